The van der Waals surface area contributed by atoms with Gasteiger partial charge in [0.1, 0.15) is 5.84 Å². The van der Waals surface area contributed by atoms with Crippen LogP contribution in [0.25, 0.3) is 25.7 Å². The van der Waals surface area contributed by atoms with E-state index in [1.165, 1.54) is 0 Å². The number of nitrogens with one attached hydrogen (secondary N) is 1. The van der Waals surface area contributed by atoms with E-state index in [2.05, 4.69) is 24.9 Å². The number of hydrogen-bond donors (Lipinski definition) is 2. The molecule has 0 aromatic heterocycles. The molecule has 160 valence electrons. The van der Waals surface area contributed by atoms with Gasteiger partial charge in [0.25, 0.3) is 0 Å². The third-order valence-corrected chi connectivity index (χ3v) is 5.80. The lowest BCUT2D eigenvalue weighted by atomic mass is 10.2. The van der Waals surface area contributed by atoms with Crippen LogP contribution in [0.4, 0.5) is 5.69 Å². The average molecular weight is 454 g/mol. The molecule has 2 aromatic carbocycles. The van der Waals surface area contributed by atoms with E-state index in [4.69, 9.17) is 28.8 Å². The minimum Gasteiger partial charge on any atom is -0.384 e. The fourth-order valence-electron chi connectivity index (χ4n) is 2.09. The van der Waals surface area contributed by atoms with Gasteiger partial charge in [-0.3, -0.25) is 5.41 Å². The van der Waals surface area contributed by atoms with Crippen molar-refractivity contribution < 1.29 is 0 Å². The van der Waals surface area contributed by atoms with Crippen LogP contribution in [0.5, 0.6) is 0 Å². The Kier molecular flexibility index (Phi) is 13.7. The predicted molar refractivity (Wildman–Crippen MR) is 129 cm³/mol. The Bertz CT molecular complexity index is 940. The molecule has 0 atom stereocenters. The van der Waals surface area contributed by atoms with Gasteiger partial charge < -0.3 is 5.73 Å². The van der Waals surface area contributed by atoms with Crippen molar-refractivity contribution in [1.82, 2.24) is 0 Å². The molecule has 9 nitrogen and oxygen atoms in total. The number of amidine groups is 1. The smallest absolute Gasteiger partial charge is 0.187 e. The van der Waals surface area contributed by atoms with Crippen LogP contribution in [0.1, 0.15) is 18.4 Å². The summed E-state index contributed by atoms with van der Waals surface area (Å²) in [5, 5.41) is 14.2. The van der Waals surface area contributed by atoms with Crippen molar-refractivity contribution in [2.24, 2.45) is 16.0 Å². The molecule has 0 fully saturated rings. The molecule has 0 heterocycles. The zero-order valence-electron chi connectivity index (χ0n) is 16.9. The molecule has 31 heavy (non-hydrogen) atoms. The zero-order chi connectivity index (χ0) is 22.7. The molecule has 0 aliphatic carbocycles. The number of thioether (sulfide) groups is 2. The largest absolute Gasteiger partial charge is 0.384 e. The molecule has 0 radical (unpaired) electrons. The summed E-state index contributed by atoms with van der Waals surface area (Å²) in [5.41, 5.74) is 22.9. The van der Waals surface area contributed by atoms with Gasteiger partial charge in [0.05, 0.1) is 6.57 Å². The van der Waals surface area contributed by atoms with Crippen LogP contribution in [-0.2, 0) is 0 Å². The number of hydrogen-bond acceptors (Lipinski definition) is 5. The first kappa shape index (κ1) is 25.8. The Morgan fingerprint density at radius 1 is 0.871 bits per heavy atom. The monoisotopic (exact) mass is 453 g/mol. The summed E-state index contributed by atoms with van der Waals surface area (Å²) in [6.45, 7) is 7.88. The summed E-state index contributed by atoms with van der Waals surface area (Å²) in [6.07, 6.45) is 1.74. The molecule has 0 spiro atoms. The predicted octanol–water partition coefficient (Wildman–Crippen LogP) is 6.79. The molecule has 0 saturated heterocycles. The molecular weight excluding hydrogens is 430 g/mol. The zero-order valence-corrected chi connectivity index (χ0v) is 18.5. The van der Waals surface area contributed by atoms with Gasteiger partial charge in [0.2, 0.25) is 0 Å². The third-order valence-electron chi connectivity index (χ3n) is 3.60. The highest BCUT2D eigenvalue weighted by Gasteiger charge is 1.97. The van der Waals surface area contributed by atoms with E-state index < -0.39 is 0 Å². The highest BCUT2D eigenvalue weighted by molar-refractivity contribution is 7.99. The minimum absolute atomic E-state index is 0.0832. The van der Waals surface area contributed by atoms with Gasteiger partial charge in [-0.15, -0.1) is 23.5 Å². The lowest BCUT2D eigenvalue weighted by Crippen LogP contribution is -2.10. The molecule has 0 saturated carbocycles. The van der Waals surface area contributed by atoms with Crippen LogP contribution in [0, 0.1) is 12.0 Å². The highest BCUT2D eigenvalue weighted by Crippen LogP contribution is 2.22. The minimum atomic E-state index is 0.0832. The number of nitrogens with two attached hydrogens (primary N) is 1. The molecule has 3 N–H and O–H groups in total. The van der Waals surface area contributed by atoms with E-state index in [-0.39, 0.29) is 5.84 Å². The second-order valence-corrected chi connectivity index (χ2v) is 8.19. The molecule has 2 aromatic rings. The van der Waals surface area contributed by atoms with Crippen molar-refractivity contribution in [2.75, 3.05) is 24.6 Å². The Morgan fingerprint density at radius 2 is 1.32 bits per heavy atom. The topological polar surface area (TPSA) is 152 Å². The van der Waals surface area contributed by atoms with Crippen molar-refractivity contribution in [3.63, 3.8) is 0 Å². The summed E-state index contributed by atoms with van der Waals surface area (Å²) in [7, 11) is 0. The van der Waals surface area contributed by atoms with Gasteiger partial charge in [-0.25, -0.2) is 4.85 Å². The van der Waals surface area contributed by atoms with Gasteiger partial charge >= 0.3 is 0 Å². The van der Waals surface area contributed by atoms with E-state index in [9.17, 15) is 0 Å². The van der Waals surface area contributed by atoms with Gasteiger partial charge in [0, 0.05) is 38.3 Å². The van der Waals surface area contributed by atoms with Crippen LogP contribution >= 0.6 is 23.5 Å². The Morgan fingerprint density at radius 3 is 1.71 bits per heavy atom. The van der Waals surface area contributed by atoms with Gasteiger partial charge in [-0.2, -0.15) is 0 Å². The second kappa shape index (κ2) is 16.5. The van der Waals surface area contributed by atoms with E-state index in [1.807, 2.05) is 48.5 Å². The van der Waals surface area contributed by atoms with Crippen molar-refractivity contribution in [3.05, 3.63) is 86.4 Å². The average Bonchev–Trinajstić information content (AvgIpc) is 2.80. The maximum absolute atomic E-state index is 8.08. The van der Waals surface area contributed by atoms with Crippen LogP contribution in [-0.4, -0.2) is 30.4 Å². The summed E-state index contributed by atoms with van der Waals surface area (Å²) in [4.78, 5) is 11.0. The first-order valence-corrected chi connectivity index (χ1v) is 11.3. The normalized spacial score (nSPS) is 9.26. The second-order valence-electron chi connectivity index (χ2n) is 5.86. The summed E-state index contributed by atoms with van der Waals surface area (Å²) < 4.78 is 0. The van der Waals surface area contributed by atoms with Gasteiger partial charge in [0.15, 0.2) is 5.69 Å². The molecule has 0 aliphatic rings. The van der Waals surface area contributed by atoms with E-state index in [1.54, 1.807) is 23.5 Å². The lowest BCUT2D eigenvalue weighted by molar-refractivity contribution is 0.932. The molecule has 0 unspecified atom stereocenters. The quantitative estimate of drug-likeness (QED) is 0.0562. The van der Waals surface area contributed by atoms with Gasteiger partial charge in [-0.1, -0.05) is 46.6 Å². The maximum atomic E-state index is 8.08. The number of benzene rings is 2. The van der Waals surface area contributed by atoms with Crippen LogP contribution < -0.4 is 5.73 Å². The third kappa shape index (κ3) is 12.1. The van der Waals surface area contributed by atoms with Crippen molar-refractivity contribution in [3.8, 4) is 0 Å². The Hall–Kier alpha value is -3.28. The van der Waals surface area contributed by atoms with Crippen molar-refractivity contribution >= 4 is 35.0 Å². The number of rotatable bonds is 11. The fraction of sp³-hybridized carbons (Fsp3) is 0.300. The van der Waals surface area contributed by atoms with E-state index in [0.717, 1.165) is 39.7 Å². The summed E-state index contributed by atoms with van der Waals surface area (Å²) in [6, 6.07) is 15.0. The lowest BCUT2D eigenvalue weighted by Gasteiger charge is -2.02. The van der Waals surface area contributed by atoms with Gasteiger partial charge in [-0.05, 0) is 47.5 Å². The van der Waals surface area contributed by atoms with Crippen LogP contribution in [0.2, 0.25) is 0 Å². The van der Waals surface area contributed by atoms with Crippen molar-refractivity contribution in [1.29, 1.82) is 5.41 Å². The number of nitrogen functional groups attached to an aromatic ring is 1. The fourth-order valence-corrected chi connectivity index (χ4v) is 3.76. The van der Waals surface area contributed by atoms with Crippen molar-refractivity contribution in [2.45, 2.75) is 22.6 Å². The van der Waals surface area contributed by atoms with E-state index in [0.29, 0.717) is 18.8 Å². The number of azide groups is 2. The Balaban J connectivity index is 0.000000311. The molecule has 11 heteroatoms. The first-order chi connectivity index (χ1) is 15.1. The number of nitrogens with zero attached hydrogens (tertiary/aromatic N) is 7. The molecule has 0 bridgehead atoms. The molecule has 2 rings (SSSR count). The standard InChI is InChI=1S/C10H13N5S.C10H10N4S/c11-10(12)8-2-4-9(5-3-8)16-7-1-6-14-15-13;1-12-9-3-5-10(6-4-9)15-8-2-7-13-14-11/h2-5H,1,6-7H2,(H3,11,12);3-6H,2,7-8H2. The maximum Gasteiger partial charge on any atom is 0.187 e. The first-order valence-electron chi connectivity index (χ1n) is 9.30. The summed E-state index contributed by atoms with van der Waals surface area (Å²) >= 11 is 3.40. The van der Waals surface area contributed by atoms with Crippen LogP contribution in [0.15, 0.2) is 68.6 Å². The molecular formula is C20H23N9S2. The highest BCUT2D eigenvalue weighted by atomic mass is 32.2. The van der Waals surface area contributed by atoms with Crippen LogP contribution in [0.3, 0.4) is 0 Å². The SMILES string of the molecule is [C-]#[N+]c1ccc(SCCCN=[N+]=[N-])cc1.[N-]=[N+]=NCCCSc1ccc(C(=N)N)cc1. The molecule has 0 aliphatic heterocycles. The Labute approximate surface area is 190 Å². The molecule has 0 amide bonds. The summed E-state index contributed by atoms with van der Waals surface area (Å²) in [5.74, 6) is 1.93. The van der Waals surface area contributed by atoms with E-state index >= 15 is 0 Å².